The first-order valence-corrected chi connectivity index (χ1v) is 7.28. The van der Waals surface area contributed by atoms with E-state index >= 15 is 0 Å². The van der Waals surface area contributed by atoms with Crippen molar-refractivity contribution in [3.63, 3.8) is 0 Å². The van der Waals surface area contributed by atoms with Gasteiger partial charge in [0.25, 0.3) is 0 Å². The molecule has 102 valence electrons. The van der Waals surface area contributed by atoms with E-state index in [0.29, 0.717) is 12.7 Å². The molecule has 0 radical (unpaired) electrons. The molecule has 1 aromatic heterocycles. The minimum absolute atomic E-state index is 0.450. The lowest BCUT2D eigenvalue weighted by atomic mass is 9.98. The molecule has 18 heavy (non-hydrogen) atoms. The van der Waals surface area contributed by atoms with Crippen LogP contribution in [0.5, 0.6) is 0 Å². The van der Waals surface area contributed by atoms with Crippen molar-refractivity contribution in [1.82, 2.24) is 5.32 Å². The van der Waals surface area contributed by atoms with Crippen molar-refractivity contribution < 1.29 is 9.15 Å². The van der Waals surface area contributed by atoms with Crippen LogP contribution in [0.1, 0.15) is 57.0 Å². The molecular weight excluding hydrogens is 226 g/mol. The van der Waals surface area contributed by atoms with Gasteiger partial charge in [-0.15, -0.1) is 0 Å². The quantitative estimate of drug-likeness (QED) is 0.751. The zero-order valence-corrected chi connectivity index (χ0v) is 11.4. The summed E-state index contributed by atoms with van der Waals surface area (Å²) in [6.07, 6.45) is 8.03. The molecule has 1 aliphatic rings. The molecule has 1 saturated carbocycles. The zero-order chi connectivity index (χ0) is 12.6. The summed E-state index contributed by atoms with van der Waals surface area (Å²) in [6, 6.07) is 4.08. The van der Waals surface area contributed by atoms with Crippen LogP contribution in [0, 0.1) is 0 Å². The first kappa shape index (κ1) is 13.6. The second-order valence-corrected chi connectivity index (χ2v) is 5.12. The second kappa shape index (κ2) is 7.59. The molecule has 0 aromatic carbocycles. The van der Waals surface area contributed by atoms with E-state index in [0.717, 1.165) is 31.0 Å². The Balaban J connectivity index is 1.69. The lowest BCUT2D eigenvalue weighted by Crippen LogP contribution is -2.16. The molecule has 0 saturated heterocycles. The van der Waals surface area contributed by atoms with Crippen LogP contribution in [-0.2, 0) is 17.9 Å². The number of rotatable bonds is 7. The first-order valence-electron chi connectivity index (χ1n) is 7.28. The van der Waals surface area contributed by atoms with E-state index in [2.05, 4.69) is 12.2 Å². The largest absolute Gasteiger partial charge is 0.462 e. The standard InChI is InChI=1S/C15H25NO2/c1-2-10-16-11-14-8-9-15(18-14)12-17-13-6-4-3-5-7-13/h8-9,13,16H,2-7,10-12H2,1H3. The van der Waals surface area contributed by atoms with Gasteiger partial charge in [-0.05, 0) is 37.9 Å². The van der Waals surface area contributed by atoms with Gasteiger partial charge < -0.3 is 14.5 Å². The van der Waals surface area contributed by atoms with Crippen molar-refractivity contribution >= 4 is 0 Å². The van der Waals surface area contributed by atoms with Crippen molar-refractivity contribution in [3.05, 3.63) is 23.7 Å². The van der Waals surface area contributed by atoms with Gasteiger partial charge in [-0.25, -0.2) is 0 Å². The molecule has 1 fully saturated rings. The normalized spacial score (nSPS) is 17.2. The number of hydrogen-bond acceptors (Lipinski definition) is 3. The highest BCUT2D eigenvalue weighted by Crippen LogP contribution is 2.21. The van der Waals surface area contributed by atoms with Crippen molar-refractivity contribution in [2.45, 2.75) is 64.7 Å². The molecule has 0 amide bonds. The molecule has 1 aromatic rings. The zero-order valence-electron chi connectivity index (χ0n) is 11.4. The van der Waals surface area contributed by atoms with Crippen LogP contribution in [-0.4, -0.2) is 12.6 Å². The lowest BCUT2D eigenvalue weighted by Gasteiger charge is -2.21. The highest BCUT2D eigenvalue weighted by Gasteiger charge is 2.14. The smallest absolute Gasteiger partial charge is 0.129 e. The van der Waals surface area contributed by atoms with Crippen molar-refractivity contribution in [1.29, 1.82) is 0 Å². The highest BCUT2D eigenvalue weighted by molar-refractivity contribution is 5.06. The van der Waals surface area contributed by atoms with Crippen molar-refractivity contribution in [2.75, 3.05) is 6.54 Å². The van der Waals surface area contributed by atoms with E-state index in [9.17, 15) is 0 Å². The molecular formula is C15H25NO2. The number of hydrogen-bond donors (Lipinski definition) is 1. The summed E-state index contributed by atoms with van der Waals surface area (Å²) in [5.74, 6) is 1.96. The molecule has 3 nitrogen and oxygen atoms in total. The Morgan fingerprint density at radius 3 is 2.78 bits per heavy atom. The fourth-order valence-electron chi connectivity index (χ4n) is 2.42. The molecule has 1 heterocycles. The van der Waals surface area contributed by atoms with E-state index in [1.807, 2.05) is 12.1 Å². The van der Waals surface area contributed by atoms with Gasteiger partial charge in [-0.1, -0.05) is 26.2 Å². The minimum atomic E-state index is 0.450. The van der Waals surface area contributed by atoms with Gasteiger partial charge in [0.2, 0.25) is 0 Å². The van der Waals surface area contributed by atoms with Crippen LogP contribution in [0.4, 0.5) is 0 Å². The topological polar surface area (TPSA) is 34.4 Å². The van der Waals surface area contributed by atoms with Crippen LogP contribution in [0.3, 0.4) is 0 Å². The van der Waals surface area contributed by atoms with Crippen LogP contribution >= 0.6 is 0 Å². The summed E-state index contributed by atoms with van der Waals surface area (Å²) in [6.45, 7) is 4.64. The Bertz CT molecular complexity index is 329. The molecule has 1 aliphatic carbocycles. The minimum Gasteiger partial charge on any atom is -0.462 e. The third kappa shape index (κ3) is 4.46. The number of furan rings is 1. The number of nitrogens with one attached hydrogen (secondary N) is 1. The lowest BCUT2D eigenvalue weighted by molar-refractivity contribution is 0.00836. The molecule has 0 atom stereocenters. The van der Waals surface area contributed by atoms with Crippen LogP contribution in [0.15, 0.2) is 16.5 Å². The van der Waals surface area contributed by atoms with Crippen molar-refractivity contribution in [3.8, 4) is 0 Å². The van der Waals surface area contributed by atoms with E-state index < -0.39 is 0 Å². The van der Waals surface area contributed by atoms with Crippen LogP contribution < -0.4 is 5.32 Å². The summed E-state index contributed by atoms with van der Waals surface area (Å²) in [7, 11) is 0. The fourth-order valence-corrected chi connectivity index (χ4v) is 2.42. The predicted octanol–water partition coefficient (Wildman–Crippen LogP) is 3.63. The average molecular weight is 251 g/mol. The van der Waals surface area contributed by atoms with E-state index in [4.69, 9.17) is 9.15 Å². The first-order chi connectivity index (χ1) is 8.88. The monoisotopic (exact) mass is 251 g/mol. The summed E-state index contributed by atoms with van der Waals surface area (Å²) in [5.41, 5.74) is 0. The maximum atomic E-state index is 5.89. The SMILES string of the molecule is CCCNCc1ccc(COC2CCCCC2)o1. The van der Waals surface area contributed by atoms with Gasteiger partial charge in [-0.2, -0.15) is 0 Å². The van der Waals surface area contributed by atoms with Gasteiger partial charge in [0.1, 0.15) is 18.1 Å². The molecule has 2 rings (SSSR count). The maximum absolute atomic E-state index is 5.89. The van der Waals surface area contributed by atoms with Gasteiger partial charge in [0, 0.05) is 0 Å². The van der Waals surface area contributed by atoms with Gasteiger partial charge in [0.15, 0.2) is 0 Å². The Morgan fingerprint density at radius 1 is 1.22 bits per heavy atom. The van der Waals surface area contributed by atoms with E-state index in [1.54, 1.807) is 0 Å². The Kier molecular flexibility index (Phi) is 5.75. The van der Waals surface area contributed by atoms with Crippen LogP contribution in [0.2, 0.25) is 0 Å². The number of ether oxygens (including phenoxy) is 1. The third-order valence-electron chi connectivity index (χ3n) is 3.46. The van der Waals surface area contributed by atoms with Crippen LogP contribution in [0.25, 0.3) is 0 Å². The van der Waals surface area contributed by atoms with E-state index in [1.165, 1.54) is 32.1 Å². The van der Waals surface area contributed by atoms with Gasteiger partial charge in [0.05, 0.1) is 12.6 Å². The average Bonchev–Trinajstić information content (AvgIpc) is 2.86. The molecule has 1 N–H and O–H groups in total. The Morgan fingerprint density at radius 2 is 2.00 bits per heavy atom. The summed E-state index contributed by atoms with van der Waals surface area (Å²) < 4.78 is 11.6. The Labute approximate surface area is 110 Å². The summed E-state index contributed by atoms with van der Waals surface area (Å²) >= 11 is 0. The fraction of sp³-hybridized carbons (Fsp3) is 0.733. The maximum Gasteiger partial charge on any atom is 0.129 e. The third-order valence-corrected chi connectivity index (χ3v) is 3.46. The summed E-state index contributed by atoms with van der Waals surface area (Å²) in [4.78, 5) is 0. The summed E-state index contributed by atoms with van der Waals surface area (Å²) in [5, 5.41) is 3.34. The van der Waals surface area contributed by atoms with E-state index in [-0.39, 0.29) is 0 Å². The predicted molar refractivity (Wildman–Crippen MR) is 72.4 cm³/mol. The second-order valence-electron chi connectivity index (χ2n) is 5.12. The molecule has 0 bridgehead atoms. The van der Waals surface area contributed by atoms with Gasteiger partial charge in [-0.3, -0.25) is 0 Å². The Hall–Kier alpha value is -0.800. The molecule has 3 heteroatoms. The molecule has 0 aliphatic heterocycles. The highest BCUT2D eigenvalue weighted by atomic mass is 16.5. The molecule has 0 spiro atoms. The van der Waals surface area contributed by atoms with Crippen molar-refractivity contribution in [2.24, 2.45) is 0 Å². The molecule has 0 unspecified atom stereocenters. The van der Waals surface area contributed by atoms with Gasteiger partial charge >= 0.3 is 0 Å².